The van der Waals surface area contributed by atoms with Gasteiger partial charge in [0.1, 0.15) is 0 Å². The van der Waals surface area contributed by atoms with Crippen LogP contribution in [0.2, 0.25) is 0 Å². The highest BCUT2D eigenvalue weighted by molar-refractivity contribution is 5.94. The largest absolute Gasteiger partial charge is 0.208 e. The molecule has 230 valence electrons. The number of nitrogens with zero attached hydrogens (tertiary/aromatic N) is 3. The van der Waals surface area contributed by atoms with E-state index in [1.807, 2.05) is 24.3 Å². The van der Waals surface area contributed by atoms with Gasteiger partial charge in [-0.25, -0.2) is 15.0 Å². The summed E-state index contributed by atoms with van der Waals surface area (Å²) in [6.07, 6.45) is 0. The first-order valence-corrected chi connectivity index (χ1v) is 16.6. The molecule has 1 heterocycles. The average molecular weight is 626 g/mol. The van der Waals surface area contributed by atoms with E-state index in [0.29, 0.717) is 17.5 Å². The first kappa shape index (κ1) is 28.7. The Bertz CT molecular complexity index is 2380. The van der Waals surface area contributed by atoms with Crippen molar-refractivity contribution in [3.63, 3.8) is 0 Å². The van der Waals surface area contributed by atoms with E-state index in [-0.39, 0.29) is 0 Å². The minimum Gasteiger partial charge on any atom is -0.208 e. The van der Waals surface area contributed by atoms with Crippen molar-refractivity contribution in [2.24, 2.45) is 0 Å². The molecule has 0 unspecified atom stereocenters. The maximum Gasteiger partial charge on any atom is 0.164 e. The van der Waals surface area contributed by atoms with E-state index in [2.05, 4.69) is 164 Å². The molecule has 0 spiro atoms. The summed E-state index contributed by atoms with van der Waals surface area (Å²) in [5.41, 5.74) is 11.9. The van der Waals surface area contributed by atoms with Crippen molar-refractivity contribution < 1.29 is 0 Å². The average Bonchev–Trinajstić information content (AvgIpc) is 3.50. The molecule has 0 saturated heterocycles. The second-order valence-corrected chi connectivity index (χ2v) is 12.4. The Morgan fingerprint density at radius 2 is 0.755 bits per heavy atom. The molecule has 3 heteroatoms. The van der Waals surface area contributed by atoms with Gasteiger partial charge >= 0.3 is 0 Å². The van der Waals surface area contributed by atoms with Gasteiger partial charge < -0.3 is 0 Å². The molecular weight excluding hydrogens is 595 g/mol. The molecule has 0 N–H and O–H groups in total. The van der Waals surface area contributed by atoms with E-state index in [4.69, 9.17) is 15.0 Å². The van der Waals surface area contributed by atoms with Crippen LogP contribution >= 0.6 is 0 Å². The van der Waals surface area contributed by atoms with Crippen LogP contribution in [0.1, 0.15) is 22.3 Å². The van der Waals surface area contributed by atoms with Gasteiger partial charge in [-0.3, -0.25) is 0 Å². The normalized spacial score (nSPS) is 12.7. The van der Waals surface area contributed by atoms with Crippen LogP contribution in [0.15, 0.2) is 188 Å². The molecule has 0 radical (unpaired) electrons. The third kappa shape index (κ3) is 4.78. The minimum atomic E-state index is -0.507. The lowest BCUT2D eigenvalue weighted by atomic mass is 9.67. The molecule has 8 aromatic rings. The molecule has 1 aliphatic rings. The topological polar surface area (TPSA) is 38.7 Å². The molecule has 1 aromatic heterocycles. The van der Waals surface area contributed by atoms with Gasteiger partial charge in [0.2, 0.25) is 0 Å². The van der Waals surface area contributed by atoms with Crippen LogP contribution in [-0.4, -0.2) is 15.0 Å². The number of rotatable bonds is 6. The smallest absolute Gasteiger partial charge is 0.164 e. The van der Waals surface area contributed by atoms with E-state index >= 15 is 0 Å². The summed E-state index contributed by atoms with van der Waals surface area (Å²) in [4.78, 5) is 15.5. The molecule has 0 saturated carbocycles. The van der Waals surface area contributed by atoms with Gasteiger partial charge in [-0.05, 0) is 50.6 Å². The maximum atomic E-state index is 5.26. The van der Waals surface area contributed by atoms with Crippen molar-refractivity contribution in [3.8, 4) is 56.4 Å². The van der Waals surface area contributed by atoms with Crippen LogP contribution in [0, 0.1) is 0 Å². The summed E-state index contributed by atoms with van der Waals surface area (Å²) in [5.74, 6) is 1.94. The Kier molecular flexibility index (Phi) is 7.02. The second kappa shape index (κ2) is 12.0. The fraction of sp³-hybridized carbons (Fsp3) is 0.0217. The fourth-order valence-corrected chi connectivity index (χ4v) is 7.49. The number of fused-ring (bicyclic) bond motifs is 3. The summed E-state index contributed by atoms with van der Waals surface area (Å²) < 4.78 is 0. The molecule has 3 nitrogen and oxygen atoms in total. The molecule has 0 aliphatic heterocycles. The van der Waals surface area contributed by atoms with Crippen molar-refractivity contribution in [2.45, 2.75) is 5.41 Å². The molecule has 0 atom stereocenters. The van der Waals surface area contributed by atoms with Gasteiger partial charge in [0.25, 0.3) is 0 Å². The van der Waals surface area contributed by atoms with E-state index < -0.39 is 5.41 Å². The highest BCUT2D eigenvalue weighted by Gasteiger charge is 2.46. The van der Waals surface area contributed by atoms with Crippen LogP contribution < -0.4 is 0 Å². The van der Waals surface area contributed by atoms with E-state index in [1.165, 1.54) is 27.8 Å². The van der Waals surface area contributed by atoms with Crippen LogP contribution in [0.25, 0.3) is 56.4 Å². The van der Waals surface area contributed by atoms with Crippen molar-refractivity contribution >= 4 is 0 Å². The Morgan fingerprint density at radius 3 is 1.43 bits per heavy atom. The summed E-state index contributed by atoms with van der Waals surface area (Å²) in [7, 11) is 0. The highest BCUT2D eigenvalue weighted by Crippen LogP contribution is 2.58. The molecule has 49 heavy (non-hydrogen) atoms. The minimum absolute atomic E-state index is 0.507. The third-order valence-corrected chi connectivity index (χ3v) is 9.62. The Balaban J connectivity index is 1.32. The molecule has 0 fully saturated rings. The molecule has 9 rings (SSSR count). The summed E-state index contributed by atoms with van der Waals surface area (Å²) >= 11 is 0. The van der Waals surface area contributed by atoms with Gasteiger partial charge in [-0.1, -0.05) is 182 Å². The summed E-state index contributed by atoms with van der Waals surface area (Å²) in [6.45, 7) is 0. The number of hydrogen-bond donors (Lipinski definition) is 0. The van der Waals surface area contributed by atoms with Gasteiger partial charge in [0.05, 0.1) is 5.41 Å². The Morgan fingerprint density at radius 1 is 0.306 bits per heavy atom. The van der Waals surface area contributed by atoms with Gasteiger partial charge in [0, 0.05) is 16.7 Å². The Hall–Kier alpha value is -6.45. The van der Waals surface area contributed by atoms with Crippen LogP contribution in [-0.2, 0) is 5.41 Å². The molecule has 0 bridgehead atoms. The first-order chi connectivity index (χ1) is 24.3. The number of benzene rings is 7. The van der Waals surface area contributed by atoms with Crippen LogP contribution in [0.4, 0.5) is 0 Å². The molecular formula is C46H31N3. The zero-order valence-corrected chi connectivity index (χ0v) is 26.7. The maximum absolute atomic E-state index is 5.26. The predicted octanol–water partition coefficient (Wildman–Crippen LogP) is 10.9. The molecule has 1 aliphatic carbocycles. The monoisotopic (exact) mass is 625 g/mol. The quantitative estimate of drug-likeness (QED) is 0.185. The predicted molar refractivity (Wildman–Crippen MR) is 199 cm³/mol. The zero-order valence-electron chi connectivity index (χ0n) is 26.7. The van der Waals surface area contributed by atoms with Crippen molar-refractivity contribution in [1.82, 2.24) is 15.0 Å². The zero-order chi connectivity index (χ0) is 32.6. The third-order valence-electron chi connectivity index (χ3n) is 9.62. The van der Waals surface area contributed by atoms with Crippen LogP contribution in [0.5, 0.6) is 0 Å². The standard InChI is InChI=1S/C46H31N3/c1-5-17-32(18-6-1)34-21-15-22-35(31-34)44-47-43(33-19-7-2-8-20-33)48-45(49-44)39-28-16-30-41-42(39)38-27-13-14-29-40(38)46(41,36-23-9-3-10-24-36)37-25-11-4-12-26-37/h1-31H. The van der Waals surface area contributed by atoms with E-state index in [1.54, 1.807) is 0 Å². The van der Waals surface area contributed by atoms with Crippen molar-refractivity contribution in [2.75, 3.05) is 0 Å². The number of hydrogen-bond acceptors (Lipinski definition) is 3. The summed E-state index contributed by atoms with van der Waals surface area (Å²) in [5, 5.41) is 0. The van der Waals surface area contributed by atoms with Crippen LogP contribution in [0.3, 0.4) is 0 Å². The van der Waals surface area contributed by atoms with E-state index in [0.717, 1.165) is 33.4 Å². The molecule has 7 aromatic carbocycles. The SMILES string of the molecule is c1ccc(-c2cccc(-c3nc(-c4ccccc4)nc(-c4cccc5c4-c4ccccc4C5(c4ccccc4)c4ccccc4)n3)c2)cc1. The van der Waals surface area contributed by atoms with Gasteiger partial charge in [-0.15, -0.1) is 0 Å². The second-order valence-electron chi connectivity index (χ2n) is 12.4. The lowest BCUT2D eigenvalue weighted by Gasteiger charge is -2.33. The number of aromatic nitrogens is 3. The fourth-order valence-electron chi connectivity index (χ4n) is 7.49. The first-order valence-electron chi connectivity index (χ1n) is 16.6. The lowest BCUT2D eigenvalue weighted by molar-refractivity contribution is 0.768. The lowest BCUT2D eigenvalue weighted by Crippen LogP contribution is -2.28. The molecule has 0 amide bonds. The highest BCUT2D eigenvalue weighted by atomic mass is 15.0. The Labute approximate surface area is 286 Å². The van der Waals surface area contributed by atoms with Gasteiger partial charge in [-0.2, -0.15) is 0 Å². The summed E-state index contributed by atoms with van der Waals surface area (Å²) in [6, 6.07) is 66.2. The van der Waals surface area contributed by atoms with Crippen molar-refractivity contribution in [1.29, 1.82) is 0 Å². The van der Waals surface area contributed by atoms with E-state index in [9.17, 15) is 0 Å². The van der Waals surface area contributed by atoms with Gasteiger partial charge in [0.15, 0.2) is 17.5 Å². The van der Waals surface area contributed by atoms with Crippen molar-refractivity contribution in [3.05, 3.63) is 210 Å².